The predicted molar refractivity (Wildman–Crippen MR) is 82.7 cm³/mol. The number of benzene rings is 2. The molecule has 0 unspecified atom stereocenters. The van der Waals surface area contributed by atoms with Gasteiger partial charge in [0.05, 0.1) is 11.3 Å². The van der Waals surface area contributed by atoms with Crippen LogP contribution in [0.3, 0.4) is 0 Å². The molecule has 0 aliphatic rings. The van der Waals surface area contributed by atoms with Crippen LogP contribution in [-0.2, 0) is 0 Å². The van der Waals surface area contributed by atoms with E-state index in [9.17, 15) is 4.79 Å². The van der Waals surface area contributed by atoms with Crippen LogP contribution in [0.5, 0.6) is 0 Å². The fourth-order valence-corrected chi connectivity index (χ4v) is 1.81. The van der Waals surface area contributed by atoms with Crippen LogP contribution in [0, 0.1) is 0 Å². The molecule has 0 bridgehead atoms. The number of carbonyl (C=O) groups excluding carboxylic acids is 1. The molecule has 20 heavy (non-hydrogen) atoms. The molecule has 2 rings (SSSR count). The molecule has 0 saturated carbocycles. The van der Waals surface area contributed by atoms with Crippen LogP contribution in [0.2, 0.25) is 0 Å². The molecule has 0 fully saturated rings. The third-order valence-corrected chi connectivity index (χ3v) is 2.75. The van der Waals surface area contributed by atoms with E-state index in [0.717, 1.165) is 5.69 Å². The third-order valence-electron chi connectivity index (χ3n) is 2.75. The second kappa shape index (κ2) is 6.43. The van der Waals surface area contributed by atoms with Crippen molar-refractivity contribution in [3.05, 3.63) is 72.6 Å². The number of rotatable bonds is 5. The highest BCUT2D eigenvalue weighted by Crippen LogP contribution is 2.17. The topological polar surface area (TPSA) is 53.2 Å². The first-order valence-electron chi connectivity index (χ1n) is 6.30. The Kier molecular flexibility index (Phi) is 4.39. The molecule has 0 aliphatic carbocycles. The fourth-order valence-electron chi connectivity index (χ4n) is 1.81. The molecule has 2 aromatic carbocycles. The zero-order chi connectivity index (χ0) is 14.4. The number of amides is 1. The van der Waals surface area contributed by atoms with Crippen molar-refractivity contribution in [3.8, 4) is 0 Å². The van der Waals surface area contributed by atoms with Crippen LogP contribution in [0.15, 0.2) is 67.0 Å². The number of nitrogens with one attached hydrogen (secondary N) is 3. The first kappa shape index (κ1) is 13.7. The van der Waals surface area contributed by atoms with Crippen molar-refractivity contribution in [2.24, 2.45) is 0 Å². The Morgan fingerprint density at radius 1 is 0.950 bits per heavy atom. The average molecular weight is 267 g/mol. The van der Waals surface area contributed by atoms with Crippen LogP contribution < -0.4 is 16.0 Å². The average Bonchev–Trinajstić information content (AvgIpc) is 2.48. The lowest BCUT2D eigenvalue weighted by Crippen LogP contribution is -2.20. The van der Waals surface area contributed by atoms with Gasteiger partial charge in [-0.3, -0.25) is 4.79 Å². The molecule has 0 spiro atoms. The highest BCUT2D eigenvalue weighted by Gasteiger charge is 2.09. The monoisotopic (exact) mass is 267 g/mol. The molecule has 4 heteroatoms. The van der Waals surface area contributed by atoms with Gasteiger partial charge in [0.15, 0.2) is 0 Å². The molecule has 0 heterocycles. The number of anilines is 2. The minimum Gasteiger partial charge on any atom is -0.355 e. The molecule has 0 aliphatic heterocycles. The van der Waals surface area contributed by atoms with Gasteiger partial charge in [-0.05, 0) is 24.3 Å². The number of hydrogen-bond donors (Lipinski definition) is 3. The van der Waals surface area contributed by atoms with Gasteiger partial charge in [-0.1, -0.05) is 36.9 Å². The summed E-state index contributed by atoms with van der Waals surface area (Å²) < 4.78 is 0. The normalized spacial score (nSPS) is 9.65. The number of para-hydroxylation sites is 2. The van der Waals surface area contributed by atoms with Gasteiger partial charge in [0, 0.05) is 12.7 Å². The summed E-state index contributed by atoms with van der Waals surface area (Å²) in [4.78, 5) is 11.8. The molecular formula is C16H17N3O. The largest absolute Gasteiger partial charge is 0.355 e. The molecule has 0 atom stereocenters. The minimum atomic E-state index is -0.138. The third kappa shape index (κ3) is 3.38. The summed E-state index contributed by atoms with van der Waals surface area (Å²) in [6, 6.07) is 17.0. The van der Waals surface area contributed by atoms with E-state index < -0.39 is 0 Å². The maximum absolute atomic E-state index is 11.8. The van der Waals surface area contributed by atoms with Crippen molar-refractivity contribution in [2.75, 3.05) is 17.7 Å². The number of hydrogen-bond acceptors (Lipinski definition) is 3. The van der Waals surface area contributed by atoms with Gasteiger partial charge in [0.1, 0.15) is 5.82 Å². The summed E-state index contributed by atoms with van der Waals surface area (Å²) in [5.74, 6) is 0.466. The van der Waals surface area contributed by atoms with Crippen LogP contribution in [0.25, 0.3) is 0 Å². The van der Waals surface area contributed by atoms with Gasteiger partial charge in [0.2, 0.25) is 0 Å². The van der Waals surface area contributed by atoms with Crippen molar-refractivity contribution in [3.63, 3.8) is 0 Å². The summed E-state index contributed by atoms with van der Waals surface area (Å²) in [5.41, 5.74) is 2.22. The Hall–Kier alpha value is -2.75. The molecule has 0 radical (unpaired) electrons. The summed E-state index contributed by atoms with van der Waals surface area (Å²) in [6.07, 6.45) is 0. The summed E-state index contributed by atoms with van der Waals surface area (Å²) >= 11 is 0. The Balaban J connectivity index is 2.10. The predicted octanol–water partition coefficient (Wildman–Crippen LogP) is 3.04. The summed E-state index contributed by atoms with van der Waals surface area (Å²) in [5, 5.41) is 8.86. The maximum Gasteiger partial charge on any atom is 0.253 e. The summed E-state index contributed by atoms with van der Waals surface area (Å²) in [6.45, 7) is 3.92. The second-order valence-electron chi connectivity index (χ2n) is 4.22. The molecule has 0 saturated heterocycles. The van der Waals surface area contributed by atoms with Gasteiger partial charge < -0.3 is 16.0 Å². The van der Waals surface area contributed by atoms with Gasteiger partial charge in [-0.15, -0.1) is 0 Å². The lowest BCUT2D eigenvalue weighted by atomic mass is 10.1. The zero-order valence-corrected chi connectivity index (χ0v) is 11.3. The van der Waals surface area contributed by atoms with E-state index >= 15 is 0 Å². The molecule has 1 amide bonds. The van der Waals surface area contributed by atoms with E-state index in [1.807, 2.05) is 48.5 Å². The van der Waals surface area contributed by atoms with Gasteiger partial charge in [-0.25, -0.2) is 0 Å². The number of carbonyl (C=O) groups is 1. The Labute approximate surface area is 118 Å². The van der Waals surface area contributed by atoms with Crippen LogP contribution in [0.1, 0.15) is 10.4 Å². The maximum atomic E-state index is 11.8. The van der Waals surface area contributed by atoms with Crippen molar-refractivity contribution >= 4 is 17.3 Å². The van der Waals surface area contributed by atoms with Gasteiger partial charge in [-0.2, -0.15) is 0 Å². The van der Waals surface area contributed by atoms with E-state index in [-0.39, 0.29) is 5.91 Å². The van der Waals surface area contributed by atoms with E-state index in [2.05, 4.69) is 22.5 Å². The molecule has 2 aromatic rings. The van der Waals surface area contributed by atoms with E-state index in [4.69, 9.17) is 0 Å². The minimum absolute atomic E-state index is 0.138. The van der Waals surface area contributed by atoms with Crippen LogP contribution in [-0.4, -0.2) is 13.0 Å². The Bertz CT molecular complexity index is 608. The Morgan fingerprint density at radius 2 is 1.60 bits per heavy atom. The lowest BCUT2D eigenvalue weighted by molar-refractivity contribution is 0.0964. The highest BCUT2D eigenvalue weighted by molar-refractivity contribution is 5.99. The molecule has 4 nitrogen and oxygen atoms in total. The van der Waals surface area contributed by atoms with Gasteiger partial charge in [0.25, 0.3) is 5.91 Å². The zero-order valence-electron chi connectivity index (χ0n) is 11.3. The molecule has 3 N–H and O–H groups in total. The lowest BCUT2D eigenvalue weighted by Gasteiger charge is -2.14. The fraction of sp³-hybridized carbons (Fsp3) is 0.0625. The molecule has 0 aromatic heterocycles. The first-order chi connectivity index (χ1) is 9.70. The Morgan fingerprint density at radius 3 is 2.30 bits per heavy atom. The molecule has 102 valence electrons. The standard InChI is InChI=1S/C16H17N3O/c1-12(18-13-8-4-3-5-9-13)19-15-11-7-6-10-14(15)16(20)17-2/h3-11,18-19H,1H2,2H3,(H,17,20). The van der Waals surface area contributed by atoms with E-state index in [1.165, 1.54) is 0 Å². The van der Waals surface area contributed by atoms with Crippen molar-refractivity contribution in [2.45, 2.75) is 0 Å². The van der Waals surface area contributed by atoms with Crippen molar-refractivity contribution in [1.29, 1.82) is 0 Å². The highest BCUT2D eigenvalue weighted by atomic mass is 16.1. The van der Waals surface area contributed by atoms with Crippen LogP contribution >= 0.6 is 0 Å². The summed E-state index contributed by atoms with van der Waals surface area (Å²) in [7, 11) is 1.61. The van der Waals surface area contributed by atoms with Crippen molar-refractivity contribution < 1.29 is 4.79 Å². The van der Waals surface area contributed by atoms with Gasteiger partial charge >= 0.3 is 0 Å². The molecular weight excluding hydrogens is 250 g/mol. The first-order valence-corrected chi connectivity index (χ1v) is 6.30. The van der Waals surface area contributed by atoms with E-state index in [0.29, 0.717) is 17.1 Å². The van der Waals surface area contributed by atoms with Crippen LogP contribution in [0.4, 0.5) is 11.4 Å². The van der Waals surface area contributed by atoms with E-state index in [1.54, 1.807) is 13.1 Å². The SMILES string of the molecule is C=C(Nc1ccccc1)Nc1ccccc1C(=O)NC. The quantitative estimate of drug-likeness (QED) is 0.780. The van der Waals surface area contributed by atoms with Crippen molar-refractivity contribution in [1.82, 2.24) is 5.32 Å². The smallest absolute Gasteiger partial charge is 0.253 e. The second-order valence-corrected chi connectivity index (χ2v) is 4.22.